The van der Waals surface area contributed by atoms with Gasteiger partial charge in [0.15, 0.2) is 0 Å². The molecule has 0 unspecified atom stereocenters. The van der Waals surface area contributed by atoms with Crippen molar-refractivity contribution < 1.29 is 28.9 Å². The van der Waals surface area contributed by atoms with E-state index in [1.807, 2.05) is 0 Å². The molecule has 1 aromatic rings. The van der Waals surface area contributed by atoms with Crippen LogP contribution in [0.2, 0.25) is 0 Å². The number of nitrogens with one attached hydrogen (secondary N) is 1. The van der Waals surface area contributed by atoms with Crippen molar-refractivity contribution >= 4 is 34.7 Å². The van der Waals surface area contributed by atoms with E-state index in [1.165, 1.54) is 0 Å². The van der Waals surface area contributed by atoms with Crippen molar-refractivity contribution in [2.24, 2.45) is 5.10 Å². The van der Waals surface area contributed by atoms with E-state index in [2.05, 4.69) is 10.5 Å². The highest BCUT2D eigenvalue weighted by atomic mass is 16.6. The van der Waals surface area contributed by atoms with Gasteiger partial charge in [-0.2, -0.15) is 5.10 Å². The van der Waals surface area contributed by atoms with Crippen molar-refractivity contribution in [3.63, 3.8) is 0 Å². The zero-order valence-corrected chi connectivity index (χ0v) is 13.3. The molecular formula is C13H14N4O8. The first-order valence-electron chi connectivity index (χ1n) is 6.71. The van der Waals surface area contributed by atoms with Gasteiger partial charge in [-0.25, -0.2) is 0 Å². The Balaban J connectivity index is 3.03. The van der Waals surface area contributed by atoms with Gasteiger partial charge in [-0.05, 0) is 6.07 Å². The highest BCUT2D eigenvalue weighted by Crippen LogP contribution is 2.28. The molecule has 1 N–H and O–H groups in total. The fourth-order valence-electron chi connectivity index (χ4n) is 1.49. The van der Waals surface area contributed by atoms with Gasteiger partial charge in [0.25, 0.3) is 5.69 Å². The highest BCUT2D eigenvalue weighted by Gasteiger charge is 2.19. The number of hydrazone groups is 1. The molecule has 134 valence electrons. The lowest BCUT2D eigenvalue weighted by Gasteiger charge is -2.08. The lowest BCUT2D eigenvalue weighted by molar-refractivity contribution is -0.393. The van der Waals surface area contributed by atoms with Gasteiger partial charge >= 0.3 is 17.6 Å². The molecule has 0 aromatic heterocycles. The normalized spacial score (nSPS) is 9.68. The number of rotatable bonds is 8. The largest absolute Gasteiger partial charge is 0.459 e. The number of anilines is 1. The second-order valence-corrected chi connectivity index (χ2v) is 4.57. The van der Waals surface area contributed by atoms with Gasteiger partial charge in [0, 0.05) is 19.9 Å². The highest BCUT2D eigenvalue weighted by molar-refractivity contribution is 5.90. The van der Waals surface area contributed by atoms with Gasteiger partial charge in [0.05, 0.1) is 15.9 Å². The molecule has 1 aromatic carbocycles. The van der Waals surface area contributed by atoms with Crippen molar-refractivity contribution in [2.45, 2.75) is 13.8 Å². The standard InChI is InChI=1S/C13H14N4O8/c1-8(18)24-6-10(7-25-9(2)19)14-15-12-4-3-11(16(20)21)5-13(12)17(22)23/h3-5,15H,6-7H2,1-2H3. The molecule has 0 aliphatic carbocycles. The fourth-order valence-corrected chi connectivity index (χ4v) is 1.49. The Labute approximate surface area is 140 Å². The lowest BCUT2D eigenvalue weighted by atomic mass is 10.2. The molecule has 0 amide bonds. The maximum atomic E-state index is 11.0. The van der Waals surface area contributed by atoms with Crippen LogP contribution in [-0.2, 0) is 19.1 Å². The first-order chi connectivity index (χ1) is 11.7. The number of carbonyl (C=O) groups is 2. The van der Waals surface area contributed by atoms with E-state index >= 15 is 0 Å². The molecule has 1 rings (SSSR count). The molecule has 0 aliphatic rings. The Kier molecular flexibility index (Phi) is 6.94. The molecule has 12 heteroatoms. The third kappa shape index (κ3) is 6.60. The minimum atomic E-state index is -0.817. The molecule has 0 saturated carbocycles. The van der Waals surface area contributed by atoms with Crippen LogP contribution < -0.4 is 5.43 Å². The second-order valence-electron chi connectivity index (χ2n) is 4.57. The Morgan fingerprint density at radius 2 is 1.64 bits per heavy atom. The smallest absolute Gasteiger partial charge is 0.303 e. The van der Waals surface area contributed by atoms with Crippen LogP contribution in [0, 0.1) is 20.2 Å². The predicted molar refractivity (Wildman–Crippen MR) is 84.1 cm³/mol. The number of nitrogens with zero attached hydrogens (tertiary/aromatic N) is 3. The quantitative estimate of drug-likeness (QED) is 0.314. The second kappa shape index (κ2) is 8.90. The summed E-state index contributed by atoms with van der Waals surface area (Å²) in [7, 11) is 0. The van der Waals surface area contributed by atoms with Gasteiger partial charge in [-0.1, -0.05) is 0 Å². The summed E-state index contributed by atoms with van der Waals surface area (Å²) >= 11 is 0. The maximum Gasteiger partial charge on any atom is 0.303 e. The maximum absolute atomic E-state index is 11.0. The Hall–Kier alpha value is -3.57. The van der Waals surface area contributed by atoms with Gasteiger partial charge < -0.3 is 9.47 Å². The van der Waals surface area contributed by atoms with E-state index in [9.17, 15) is 29.8 Å². The van der Waals surface area contributed by atoms with Crippen molar-refractivity contribution in [1.82, 2.24) is 0 Å². The Morgan fingerprint density at radius 1 is 1.08 bits per heavy atom. The molecule has 0 bridgehead atoms. The molecule has 0 aliphatic heterocycles. The number of ether oxygens (including phenoxy) is 2. The Morgan fingerprint density at radius 3 is 2.08 bits per heavy atom. The summed E-state index contributed by atoms with van der Waals surface area (Å²) in [6.45, 7) is 1.71. The number of hydrogen-bond donors (Lipinski definition) is 1. The first-order valence-corrected chi connectivity index (χ1v) is 6.71. The van der Waals surface area contributed by atoms with Crippen LogP contribution in [0.25, 0.3) is 0 Å². The van der Waals surface area contributed by atoms with Gasteiger partial charge in [-0.3, -0.25) is 35.2 Å². The summed E-state index contributed by atoms with van der Waals surface area (Å²) in [4.78, 5) is 41.8. The molecule has 0 fully saturated rings. The van der Waals surface area contributed by atoms with Crippen molar-refractivity contribution in [3.05, 3.63) is 38.4 Å². The number of carbonyl (C=O) groups excluding carboxylic acids is 2. The van der Waals surface area contributed by atoms with Crippen LogP contribution in [0.1, 0.15) is 13.8 Å². The van der Waals surface area contributed by atoms with E-state index in [-0.39, 0.29) is 24.6 Å². The summed E-state index contributed by atoms with van der Waals surface area (Å²) in [5.74, 6) is -1.20. The third-order valence-corrected chi connectivity index (χ3v) is 2.61. The average Bonchev–Trinajstić information content (AvgIpc) is 2.53. The number of hydrogen-bond acceptors (Lipinski definition) is 10. The number of nitro benzene ring substituents is 2. The van der Waals surface area contributed by atoms with E-state index in [4.69, 9.17) is 9.47 Å². The molecule has 0 heterocycles. The van der Waals surface area contributed by atoms with Crippen LogP contribution in [0.4, 0.5) is 17.1 Å². The number of nitro groups is 2. The van der Waals surface area contributed by atoms with E-state index in [1.54, 1.807) is 0 Å². The van der Waals surface area contributed by atoms with E-state index in [0.29, 0.717) is 0 Å². The van der Waals surface area contributed by atoms with Crippen LogP contribution in [0.3, 0.4) is 0 Å². The summed E-state index contributed by atoms with van der Waals surface area (Å²) in [6, 6.07) is 2.94. The van der Waals surface area contributed by atoms with Gasteiger partial charge in [0.2, 0.25) is 0 Å². The number of non-ortho nitro benzene ring substituents is 1. The van der Waals surface area contributed by atoms with Crippen LogP contribution in [0.5, 0.6) is 0 Å². The molecule has 0 radical (unpaired) electrons. The Bertz CT molecular complexity index is 711. The molecule has 12 nitrogen and oxygen atoms in total. The van der Waals surface area contributed by atoms with Crippen LogP contribution in [-0.4, -0.2) is 40.7 Å². The minimum Gasteiger partial charge on any atom is -0.459 e. The van der Waals surface area contributed by atoms with Crippen LogP contribution >= 0.6 is 0 Å². The van der Waals surface area contributed by atoms with Crippen molar-refractivity contribution in [1.29, 1.82) is 0 Å². The van der Waals surface area contributed by atoms with Crippen molar-refractivity contribution in [2.75, 3.05) is 18.6 Å². The average molecular weight is 354 g/mol. The molecule has 0 spiro atoms. The summed E-state index contributed by atoms with van der Waals surface area (Å²) in [5, 5.41) is 25.5. The topological polar surface area (TPSA) is 163 Å². The van der Waals surface area contributed by atoms with Gasteiger partial charge in [-0.15, -0.1) is 0 Å². The first kappa shape index (κ1) is 19.5. The summed E-state index contributed by atoms with van der Waals surface area (Å²) < 4.78 is 9.46. The summed E-state index contributed by atoms with van der Waals surface area (Å²) in [6.07, 6.45) is 0. The predicted octanol–water partition coefficient (Wildman–Crippen LogP) is 1.40. The van der Waals surface area contributed by atoms with Crippen LogP contribution in [0.15, 0.2) is 23.3 Å². The van der Waals surface area contributed by atoms with Gasteiger partial charge in [0.1, 0.15) is 24.6 Å². The van der Waals surface area contributed by atoms with Crippen molar-refractivity contribution in [3.8, 4) is 0 Å². The molecular weight excluding hydrogens is 340 g/mol. The van der Waals surface area contributed by atoms with E-state index < -0.39 is 33.2 Å². The summed E-state index contributed by atoms with van der Waals surface area (Å²) in [5.41, 5.74) is 1.26. The SMILES string of the molecule is CC(=O)OCC(COC(C)=O)=NNc1ccc([N+](=O)[O-])cc1[N+](=O)[O-]. The number of esters is 2. The molecule has 0 saturated heterocycles. The lowest BCUT2D eigenvalue weighted by Crippen LogP contribution is -2.20. The minimum absolute atomic E-state index is 0.0676. The fraction of sp³-hybridized carbons (Fsp3) is 0.308. The van der Waals surface area contributed by atoms with E-state index in [0.717, 1.165) is 32.0 Å². The number of benzene rings is 1. The molecule has 25 heavy (non-hydrogen) atoms. The zero-order chi connectivity index (χ0) is 19.0. The monoisotopic (exact) mass is 354 g/mol. The molecule has 0 atom stereocenters. The zero-order valence-electron chi connectivity index (χ0n) is 13.3. The third-order valence-electron chi connectivity index (χ3n) is 2.61.